The zero-order valence-electron chi connectivity index (χ0n) is 18.0. The third kappa shape index (κ3) is 8.03. The molecule has 0 radical (unpaired) electrons. The molecule has 6 nitrogen and oxygen atoms in total. The highest BCUT2D eigenvalue weighted by Crippen LogP contribution is 2.16. The average molecular weight is 515 g/mol. The average Bonchev–Trinajstić information content (AvgIpc) is 3.39. The number of benzene rings is 1. The predicted octanol–water partition coefficient (Wildman–Crippen LogP) is 2.68. The number of hydrogen-bond donors (Lipinski definition) is 2. The van der Waals surface area contributed by atoms with Gasteiger partial charge in [0, 0.05) is 46.4 Å². The lowest BCUT2D eigenvalue weighted by molar-refractivity contribution is 0.141. The summed E-state index contributed by atoms with van der Waals surface area (Å²) in [6.45, 7) is 8.28. The van der Waals surface area contributed by atoms with E-state index >= 15 is 0 Å². The monoisotopic (exact) mass is 515 g/mol. The number of guanidine groups is 1. The molecule has 2 fully saturated rings. The third-order valence-corrected chi connectivity index (χ3v) is 5.90. The summed E-state index contributed by atoms with van der Waals surface area (Å²) in [6, 6.07) is 9.55. The number of rotatable bonds is 9. The van der Waals surface area contributed by atoms with Gasteiger partial charge in [-0.25, -0.2) is 0 Å². The van der Waals surface area contributed by atoms with Gasteiger partial charge in [0.05, 0.1) is 6.61 Å². The van der Waals surface area contributed by atoms with Gasteiger partial charge in [-0.3, -0.25) is 14.8 Å². The van der Waals surface area contributed by atoms with Gasteiger partial charge in [-0.05, 0) is 56.4 Å². The maximum Gasteiger partial charge on any atom is 0.191 e. The topological polar surface area (TPSA) is 52.1 Å². The van der Waals surface area contributed by atoms with Crippen LogP contribution < -0.4 is 10.6 Å². The van der Waals surface area contributed by atoms with Gasteiger partial charge in [-0.2, -0.15) is 0 Å². The second kappa shape index (κ2) is 13.4. The number of hydrogen-bond acceptors (Lipinski definition) is 4. The first kappa shape index (κ1) is 24.4. The summed E-state index contributed by atoms with van der Waals surface area (Å²) in [5.74, 6) is 0.875. The van der Waals surface area contributed by atoms with Gasteiger partial charge in [-0.1, -0.05) is 24.3 Å². The molecule has 2 aliphatic heterocycles. The van der Waals surface area contributed by atoms with Crippen LogP contribution in [0.4, 0.5) is 0 Å². The summed E-state index contributed by atoms with van der Waals surface area (Å²) in [5.41, 5.74) is 2.70. The van der Waals surface area contributed by atoms with Crippen LogP contribution in [0.5, 0.6) is 0 Å². The Morgan fingerprint density at radius 1 is 1.07 bits per heavy atom. The molecule has 0 aliphatic carbocycles. The van der Waals surface area contributed by atoms with Gasteiger partial charge in [0.25, 0.3) is 0 Å². The fraction of sp³-hybridized carbons (Fsp3) is 0.682. The van der Waals surface area contributed by atoms with Crippen LogP contribution in [0.15, 0.2) is 29.3 Å². The molecule has 7 heteroatoms. The molecule has 29 heavy (non-hydrogen) atoms. The number of nitrogens with zero attached hydrogens (tertiary/aromatic N) is 3. The highest BCUT2D eigenvalue weighted by atomic mass is 127. The van der Waals surface area contributed by atoms with Gasteiger partial charge in [0.1, 0.15) is 0 Å². The Hall–Kier alpha value is -0.900. The third-order valence-electron chi connectivity index (χ3n) is 5.90. The number of methoxy groups -OCH3 is 1. The standard InChI is InChI=1S/C22H37N5O.HI/c1-23-22(25-17-21-6-5-13-27(21)14-15-28-2)24-16-19-7-9-20(10-8-19)18-26-11-3-4-12-26;/h7-10,21H,3-6,11-18H2,1-2H3,(H2,23,24,25);1H. The minimum Gasteiger partial charge on any atom is -0.383 e. The van der Waals surface area contributed by atoms with Crippen LogP contribution in [0.25, 0.3) is 0 Å². The van der Waals surface area contributed by atoms with Crippen molar-refractivity contribution in [3.05, 3.63) is 35.4 Å². The first-order valence-corrected chi connectivity index (χ1v) is 10.8. The molecular weight excluding hydrogens is 477 g/mol. The Bertz CT molecular complexity index is 604. The highest BCUT2D eigenvalue weighted by Gasteiger charge is 2.23. The van der Waals surface area contributed by atoms with E-state index in [9.17, 15) is 0 Å². The molecule has 0 spiro atoms. The lowest BCUT2D eigenvalue weighted by Crippen LogP contribution is -2.45. The summed E-state index contributed by atoms with van der Waals surface area (Å²) in [4.78, 5) is 9.44. The number of ether oxygens (including phenoxy) is 1. The SMILES string of the molecule is CN=C(NCc1ccc(CN2CCCC2)cc1)NCC1CCCN1CCOC.I. The maximum atomic E-state index is 5.23. The molecule has 2 heterocycles. The molecule has 3 rings (SSSR count). The second-order valence-corrected chi connectivity index (χ2v) is 7.93. The minimum atomic E-state index is 0. The number of aliphatic imine (C=N–C) groups is 1. The van der Waals surface area contributed by atoms with Crippen molar-refractivity contribution >= 4 is 29.9 Å². The van der Waals surface area contributed by atoms with Crippen LogP contribution >= 0.6 is 24.0 Å². The Balaban J connectivity index is 0.00000300. The summed E-state index contributed by atoms with van der Waals surface area (Å²) in [5, 5.41) is 6.94. The van der Waals surface area contributed by atoms with E-state index in [2.05, 4.69) is 49.7 Å². The van der Waals surface area contributed by atoms with E-state index in [0.29, 0.717) is 6.04 Å². The van der Waals surface area contributed by atoms with E-state index in [0.717, 1.165) is 38.7 Å². The van der Waals surface area contributed by atoms with E-state index in [1.807, 2.05) is 7.05 Å². The number of likely N-dealkylation sites (tertiary alicyclic amines) is 2. The fourth-order valence-corrected chi connectivity index (χ4v) is 4.21. The Kier molecular flexibility index (Phi) is 11.3. The fourth-order valence-electron chi connectivity index (χ4n) is 4.21. The molecule has 2 aliphatic rings. The Labute approximate surface area is 193 Å². The van der Waals surface area contributed by atoms with Crippen molar-refractivity contribution in [2.45, 2.75) is 44.8 Å². The molecule has 0 bridgehead atoms. The van der Waals surface area contributed by atoms with E-state index in [4.69, 9.17) is 4.74 Å². The normalized spacial score (nSPS) is 20.6. The molecule has 0 amide bonds. The zero-order chi connectivity index (χ0) is 19.6. The van der Waals surface area contributed by atoms with Gasteiger partial charge in [-0.15, -0.1) is 24.0 Å². The molecule has 0 saturated carbocycles. The van der Waals surface area contributed by atoms with Gasteiger partial charge < -0.3 is 15.4 Å². The van der Waals surface area contributed by atoms with Crippen LogP contribution in [0.1, 0.15) is 36.8 Å². The molecule has 1 aromatic carbocycles. The van der Waals surface area contributed by atoms with Crippen molar-refractivity contribution in [1.82, 2.24) is 20.4 Å². The second-order valence-electron chi connectivity index (χ2n) is 7.93. The first-order chi connectivity index (χ1) is 13.8. The Morgan fingerprint density at radius 2 is 1.79 bits per heavy atom. The molecule has 1 unspecified atom stereocenters. The quantitative estimate of drug-likeness (QED) is 0.301. The van der Waals surface area contributed by atoms with Crippen molar-refractivity contribution in [3.63, 3.8) is 0 Å². The summed E-state index contributed by atoms with van der Waals surface area (Å²) in [6.07, 6.45) is 5.20. The Morgan fingerprint density at radius 3 is 2.48 bits per heavy atom. The van der Waals surface area contributed by atoms with E-state index < -0.39 is 0 Å². The lowest BCUT2D eigenvalue weighted by atomic mass is 10.1. The van der Waals surface area contributed by atoms with Crippen LogP contribution in [0.3, 0.4) is 0 Å². The van der Waals surface area contributed by atoms with E-state index in [-0.39, 0.29) is 24.0 Å². The maximum absolute atomic E-state index is 5.23. The molecule has 1 atom stereocenters. The van der Waals surface area contributed by atoms with E-state index in [1.165, 1.54) is 56.4 Å². The van der Waals surface area contributed by atoms with Gasteiger partial charge >= 0.3 is 0 Å². The molecule has 164 valence electrons. The minimum absolute atomic E-state index is 0. The zero-order valence-corrected chi connectivity index (χ0v) is 20.4. The van der Waals surface area contributed by atoms with Crippen LogP contribution in [-0.4, -0.2) is 75.3 Å². The van der Waals surface area contributed by atoms with Crippen molar-refractivity contribution in [2.24, 2.45) is 4.99 Å². The molecule has 0 aromatic heterocycles. The van der Waals surface area contributed by atoms with Crippen molar-refractivity contribution in [2.75, 3.05) is 53.5 Å². The molecule has 2 saturated heterocycles. The van der Waals surface area contributed by atoms with Crippen LogP contribution in [0, 0.1) is 0 Å². The largest absolute Gasteiger partial charge is 0.383 e. The summed E-state index contributed by atoms with van der Waals surface area (Å²) >= 11 is 0. The van der Waals surface area contributed by atoms with Crippen LogP contribution in [-0.2, 0) is 17.8 Å². The molecule has 2 N–H and O–H groups in total. The molecule has 1 aromatic rings. The van der Waals surface area contributed by atoms with Crippen LogP contribution in [0.2, 0.25) is 0 Å². The smallest absolute Gasteiger partial charge is 0.191 e. The summed E-state index contributed by atoms with van der Waals surface area (Å²) < 4.78 is 5.23. The lowest BCUT2D eigenvalue weighted by Gasteiger charge is -2.25. The van der Waals surface area contributed by atoms with Crippen molar-refractivity contribution < 1.29 is 4.74 Å². The van der Waals surface area contributed by atoms with Gasteiger partial charge in [0.2, 0.25) is 0 Å². The van der Waals surface area contributed by atoms with Crippen molar-refractivity contribution in [1.29, 1.82) is 0 Å². The first-order valence-electron chi connectivity index (χ1n) is 10.8. The number of nitrogens with one attached hydrogen (secondary N) is 2. The number of halogens is 1. The van der Waals surface area contributed by atoms with E-state index in [1.54, 1.807) is 7.11 Å². The highest BCUT2D eigenvalue weighted by molar-refractivity contribution is 14.0. The molecular formula is C22H38IN5O. The van der Waals surface area contributed by atoms with Crippen molar-refractivity contribution in [3.8, 4) is 0 Å². The predicted molar refractivity (Wildman–Crippen MR) is 131 cm³/mol. The summed E-state index contributed by atoms with van der Waals surface area (Å²) in [7, 11) is 3.61. The van der Waals surface area contributed by atoms with Gasteiger partial charge in [0.15, 0.2) is 5.96 Å².